The number of aliphatic hydroxyl groups is 1. The highest BCUT2D eigenvalue weighted by atomic mass is 19.1. The molecule has 2 rings (SSSR count). The lowest BCUT2D eigenvalue weighted by atomic mass is 9.99. The molecular formula is C11H10FNO. The summed E-state index contributed by atoms with van der Waals surface area (Å²) in [6.07, 6.45) is 1.51. The summed E-state index contributed by atoms with van der Waals surface area (Å²) in [5.41, 5.74) is 1.87. The van der Waals surface area contributed by atoms with Crippen molar-refractivity contribution in [2.24, 2.45) is 0 Å². The maximum atomic E-state index is 13.2. The molecule has 0 saturated heterocycles. The SMILES string of the molecule is N#Cc1c(F)ccc2c1CC[C@H]2CO. The van der Waals surface area contributed by atoms with E-state index in [0.29, 0.717) is 6.42 Å². The zero-order valence-electron chi connectivity index (χ0n) is 7.63. The van der Waals surface area contributed by atoms with Gasteiger partial charge in [0, 0.05) is 12.5 Å². The van der Waals surface area contributed by atoms with Crippen LogP contribution in [0.25, 0.3) is 0 Å². The molecule has 0 bridgehead atoms. The summed E-state index contributed by atoms with van der Waals surface area (Å²) in [7, 11) is 0. The number of benzene rings is 1. The molecule has 1 aromatic rings. The van der Waals surface area contributed by atoms with Gasteiger partial charge in [-0.25, -0.2) is 4.39 Å². The van der Waals surface area contributed by atoms with E-state index in [2.05, 4.69) is 0 Å². The first-order valence-corrected chi connectivity index (χ1v) is 4.60. The van der Waals surface area contributed by atoms with Crippen molar-refractivity contribution in [2.45, 2.75) is 18.8 Å². The minimum atomic E-state index is -0.454. The topological polar surface area (TPSA) is 44.0 Å². The highest BCUT2D eigenvalue weighted by molar-refractivity contribution is 5.48. The van der Waals surface area contributed by atoms with E-state index >= 15 is 0 Å². The van der Waals surface area contributed by atoms with Gasteiger partial charge in [-0.2, -0.15) is 5.26 Å². The van der Waals surface area contributed by atoms with Crippen LogP contribution in [0.15, 0.2) is 12.1 Å². The third kappa shape index (κ3) is 1.19. The predicted octanol–water partition coefficient (Wildman–Crippen LogP) is 1.72. The Balaban J connectivity index is 2.57. The summed E-state index contributed by atoms with van der Waals surface area (Å²) in [5.74, 6) is -0.373. The molecule has 0 unspecified atom stereocenters. The Morgan fingerprint density at radius 2 is 2.36 bits per heavy atom. The summed E-state index contributed by atoms with van der Waals surface area (Å²) >= 11 is 0. The van der Waals surface area contributed by atoms with Crippen molar-refractivity contribution in [2.75, 3.05) is 6.61 Å². The number of hydrogen-bond acceptors (Lipinski definition) is 2. The number of halogens is 1. The number of hydrogen-bond donors (Lipinski definition) is 1. The first-order chi connectivity index (χ1) is 6.77. The first-order valence-electron chi connectivity index (χ1n) is 4.60. The number of rotatable bonds is 1. The lowest BCUT2D eigenvalue weighted by Crippen LogP contribution is -2.00. The van der Waals surface area contributed by atoms with Crippen LogP contribution in [0.5, 0.6) is 0 Å². The van der Waals surface area contributed by atoms with Crippen molar-refractivity contribution in [3.8, 4) is 6.07 Å². The minimum Gasteiger partial charge on any atom is -0.396 e. The monoisotopic (exact) mass is 191 g/mol. The van der Waals surface area contributed by atoms with Gasteiger partial charge in [0.1, 0.15) is 11.9 Å². The molecule has 72 valence electrons. The largest absolute Gasteiger partial charge is 0.396 e. The Hall–Kier alpha value is -1.40. The van der Waals surface area contributed by atoms with E-state index in [1.807, 2.05) is 6.07 Å². The van der Waals surface area contributed by atoms with Gasteiger partial charge >= 0.3 is 0 Å². The van der Waals surface area contributed by atoms with E-state index in [1.165, 1.54) is 6.07 Å². The van der Waals surface area contributed by atoms with Gasteiger partial charge in [-0.05, 0) is 30.0 Å². The van der Waals surface area contributed by atoms with Crippen LogP contribution in [0, 0.1) is 17.1 Å². The lowest BCUT2D eigenvalue weighted by Gasteiger charge is -2.07. The second-order valence-electron chi connectivity index (χ2n) is 3.52. The molecule has 14 heavy (non-hydrogen) atoms. The molecule has 1 atom stereocenters. The van der Waals surface area contributed by atoms with Crippen LogP contribution in [0.4, 0.5) is 4.39 Å². The van der Waals surface area contributed by atoms with E-state index in [-0.39, 0.29) is 18.1 Å². The van der Waals surface area contributed by atoms with Crippen LogP contribution in [0.2, 0.25) is 0 Å². The molecule has 3 heteroatoms. The maximum absolute atomic E-state index is 13.2. The summed E-state index contributed by atoms with van der Waals surface area (Å²) in [5, 5.41) is 17.9. The maximum Gasteiger partial charge on any atom is 0.141 e. The van der Waals surface area contributed by atoms with E-state index in [0.717, 1.165) is 17.5 Å². The zero-order chi connectivity index (χ0) is 10.1. The van der Waals surface area contributed by atoms with Gasteiger partial charge in [0.2, 0.25) is 0 Å². The van der Waals surface area contributed by atoms with Gasteiger partial charge in [-0.15, -0.1) is 0 Å². The summed E-state index contributed by atoms with van der Waals surface area (Å²) in [6.45, 7) is 0.0729. The van der Waals surface area contributed by atoms with E-state index in [9.17, 15) is 4.39 Å². The van der Waals surface area contributed by atoms with Crippen LogP contribution in [0.3, 0.4) is 0 Å². The van der Waals surface area contributed by atoms with Crippen LogP contribution < -0.4 is 0 Å². The molecule has 1 aliphatic carbocycles. The first kappa shape index (κ1) is 9.17. The number of nitriles is 1. The molecule has 0 amide bonds. The third-order valence-electron chi connectivity index (χ3n) is 2.81. The van der Waals surface area contributed by atoms with Gasteiger partial charge in [-0.1, -0.05) is 6.07 Å². The third-order valence-corrected chi connectivity index (χ3v) is 2.81. The average Bonchev–Trinajstić information content (AvgIpc) is 2.60. The Kier molecular flexibility index (Phi) is 2.22. The van der Waals surface area contributed by atoms with Crippen LogP contribution in [-0.4, -0.2) is 11.7 Å². The Morgan fingerprint density at radius 3 is 3.00 bits per heavy atom. The minimum absolute atomic E-state index is 0.0729. The molecule has 1 N–H and O–H groups in total. The second-order valence-corrected chi connectivity index (χ2v) is 3.52. The molecule has 0 aromatic heterocycles. The predicted molar refractivity (Wildman–Crippen MR) is 49.3 cm³/mol. The lowest BCUT2D eigenvalue weighted by molar-refractivity contribution is 0.265. The normalized spacial score (nSPS) is 19.1. The van der Waals surface area contributed by atoms with Crippen molar-refractivity contribution in [1.29, 1.82) is 5.26 Å². The van der Waals surface area contributed by atoms with Crippen molar-refractivity contribution in [1.82, 2.24) is 0 Å². The quantitative estimate of drug-likeness (QED) is 0.734. The van der Waals surface area contributed by atoms with Crippen LogP contribution >= 0.6 is 0 Å². The standard InChI is InChI=1S/C11H10FNO/c12-11-4-3-8-7(6-14)1-2-9(8)10(11)5-13/h3-4,7,14H,1-2,6H2/t7-/m0/s1. The van der Waals surface area contributed by atoms with Gasteiger partial charge in [0.15, 0.2) is 0 Å². The fraction of sp³-hybridized carbons (Fsp3) is 0.364. The summed E-state index contributed by atoms with van der Waals surface area (Å²) < 4.78 is 13.2. The zero-order valence-corrected chi connectivity index (χ0v) is 7.63. The van der Waals surface area contributed by atoms with Crippen molar-refractivity contribution >= 4 is 0 Å². The second kappa shape index (κ2) is 3.39. The van der Waals surface area contributed by atoms with E-state index in [4.69, 9.17) is 10.4 Å². The summed E-state index contributed by atoms with van der Waals surface area (Å²) in [4.78, 5) is 0. The number of fused-ring (bicyclic) bond motifs is 1. The Morgan fingerprint density at radius 1 is 1.57 bits per heavy atom. The molecule has 1 aliphatic rings. The van der Waals surface area contributed by atoms with Crippen molar-refractivity contribution in [3.63, 3.8) is 0 Å². The van der Waals surface area contributed by atoms with E-state index in [1.54, 1.807) is 6.07 Å². The molecule has 0 radical (unpaired) electrons. The highest BCUT2D eigenvalue weighted by Crippen LogP contribution is 2.35. The Labute approximate surface area is 81.6 Å². The average molecular weight is 191 g/mol. The fourth-order valence-electron chi connectivity index (χ4n) is 2.07. The summed E-state index contributed by atoms with van der Waals surface area (Å²) in [6, 6.07) is 4.87. The molecule has 0 heterocycles. The number of aliphatic hydroxyl groups excluding tert-OH is 1. The molecule has 2 nitrogen and oxygen atoms in total. The van der Waals surface area contributed by atoms with Gasteiger partial charge in [0.05, 0.1) is 5.56 Å². The Bertz CT molecular complexity index is 408. The number of nitrogens with zero attached hydrogens (tertiary/aromatic N) is 1. The molecular weight excluding hydrogens is 181 g/mol. The van der Waals surface area contributed by atoms with Crippen LogP contribution in [0.1, 0.15) is 29.0 Å². The fourth-order valence-corrected chi connectivity index (χ4v) is 2.07. The van der Waals surface area contributed by atoms with Gasteiger partial charge in [-0.3, -0.25) is 0 Å². The van der Waals surface area contributed by atoms with Gasteiger partial charge in [0.25, 0.3) is 0 Å². The molecule has 0 aliphatic heterocycles. The molecule has 1 aromatic carbocycles. The highest BCUT2D eigenvalue weighted by Gasteiger charge is 2.25. The van der Waals surface area contributed by atoms with Crippen molar-refractivity contribution < 1.29 is 9.50 Å². The van der Waals surface area contributed by atoms with Gasteiger partial charge < -0.3 is 5.11 Å². The van der Waals surface area contributed by atoms with E-state index < -0.39 is 5.82 Å². The van der Waals surface area contributed by atoms with Crippen molar-refractivity contribution in [3.05, 3.63) is 34.6 Å². The smallest absolute Gasteiger partial charge is 0.141 e. The van der Waals surface area contributed by atoms with Crippen LogP contribution in [-0.2, 0) is 6.42 Å². The molecule has 0 fully saturated rings. The molecule has 0 spiro atoms. The molecule has 0 saturated carbocycles.